The van der Waals surface area contributed by atoms with Crippen LogP contribution in [0.4, 0.5) is 32.9 Å². The van der Waals surface area contributed by atoms with Gasteiger partial charge < -0.3 is 58.7 Å². The minimum absolute atomic E-state index is 0. The van der Waals surface area contributed by atoms with E-state index in [1.54, 1.807) is 34.3 Å². The third-order valence-electron chi connectivity index (χ3n) is 15.1. The van der Waals surface area contributed by atoms with Crippen LogP contribution in [0.1, 0.15) is 103 Å². The van der Waals surface area contributed by atoms with Gasteiger partial charge in [0, 0.05) is 149 Å². The Balaban J connectivity index is 0.000000212. The summed E-state index contributed by atoms with van der Waals surface area (Å²) in [5.41, 5.74) is 4.03. The number of hydrogen-bond acceptors (Lipinski definition) is 15. The van der Waals surface area contributed by atoms with Gasteiger partial charge in [0.25, 0.3) is 0 Å². The number of esters is 1. The Hall–Kier alpha value is -5.74. The van der Waals surface area contributed by atoms with Crippen LogP contribution in [0.5, 0.6) is 0 Å². The number of amides is 2. The first-order chi connectivity index (χ1) is 39.5. The van der Waals surface area contributed by atoms with Crippen LogP contribution in [0.25, 0.3) is 33.4 Å². The van der Waals surface area contributed by atoms with Gasteiger partial charge in [-0.2, -0.15) is 9.97 Å². The van der Waals surface area contributed by atoms with Crippen LogP contribution in [-0.4, -0.2) is 150 Å². The zero-order valence-electron chi connectivity index (χ0n) is 48.1. The lowest BCUT2D eigenvalue weighted by Gasteiger charge is -2.37. The van der Waals surface area contributed by atoms with Crippen molar-refractivity contribution >= 4 is 124 Å². The van der Waals surface area contributed by atoms with E-state index in [1.807, 2.05) is 84.3 Å². The summed E-state index contributed by atoms with van der Waals surface area (Å²) in [5.74, 6) is 2.54. The standard InChI is InChI=1S/C34H40N6O4.C27H36N6O3.I2.HI/c1-34(2,3)44-33(42)39-22-20-38(21-23-39)28-10-7-11-29-27(28)17-19-40(29)30-16-18-35-32(37-30)36-25-12-14-26(15-13-25)43-31(41)24-8-5-4-6-9-24;1-27(2,3)36-26(35)32-17-15-31(16-18-32)22-5-4-6-23-21(22)12-14-33(23)24-11-13-28-25(30-24)29-19-7-9-20(34)10-8-19;1-2;/h4-11,16-19,25-26H,12-15,20-23H2,1-3H3,(H,35,36,37);4-6,11-14,19-20,34H,7-10,15-18H2,1-3H3,(H,28,29,30);;1H. The number of aromatic nitrogens is 6. The zero-order chi connectivity index (χ0) is 58.0. The molecule has 0 unspecified atom stereocenters. The summed E-state index contributed by atoms with van der Waals surface area (Å²) in [5, 5.41) is 19.0. The molecule has 2 saturated carbocycles. The third-order valence-corrected chi connectivity index (χ3v) is 15.1. The van der Waals surface area contributed by atoms with Crippen LogP contribution in [0.15, 0.2) is 116 Å². The topological polar surface area (TPSA) is 198 Å². The molecule has 4 fully saturated rings. The van der Waals surface area contributed by atoms with Crippen molar-refractivity contribution in [2.24, 2.45) is 0 Å². The van der Waals surface area contributed by atoms with Gasteiger partial charge in [0.05, 0.1) is 22.7 Å². The number of carbonyl (C=O) groups is 3. The van der Waals surface area contributed by atoms with Crippen LogP contribution < -0.4 is 20.4 Å². The molecule has 3 N–H and O–H groups in total. The van der Waals surface area contributed by atoms with E-state index >= 15 is 0 Å². The third kappa shape index (κ3) is 16.8. The molecule has 4 aliphatic rings. The van der Waals surface area contributed by atoms with Gasteiger partial charge in [-0.05, 0) is 154 Å². The van der Waals surface area contributed by atoms with E-state index in [-0.39, 0.29) is 66.4 Å². The number of hydrogen-bond donors (Lipinski definition) is 3. The number of nitrogens with zero attached hydrogens (tertiary/aromatic N) is 10. The van der Waals surface area contributed by atoms with Crippen molar-refractivity contribution < 1.29 is 33.7 Å². The smallest absolute Gasteiger partial charge is 0.410 e. The van der Waals surface area contributed by atoms with E-state index in [9.17, 15) is 19.5 Å². The summed E-state index contributed by atoms with van der Waals surface area (Å²) < 4.78 is 21.0. The number of aliphatic hydroxyl groups excluding tert-OH is 1. The molecule has 2 amide bonds. The number of carbonyl (C=O) groups excluding carboxylic acids is 3. The summed E-state index contributed by atoms with van der Waals surface area (Å²) >= 11 is 4.24. The lowest BCUT2D eigenvalue weighted by Crippen LogP contribution is -2.50. The number of fused-ring (bicyclic) bond motifs is 2. The maximum Gasteiger partial charge on any atom is 0.410 e. The van der Waals surface area contributed by atoms with Gasteiger partial charge in [-0.1, -0.05) is 30.3 Å². The Labute approximate surface area is 527 Å². The second-order valence-electron chi connectivity index (χ2n) is 23.2. The maximum atomic E-state index is 12.5. The highest BCUT2D eigenvalue weighted by atomic mass is 128. The zero-order valence-corrected chi connectivity index (χ0v) is 54.8. The molecule has 11 rings (SSSR count). The minimum Gasteiger partial charge on any atom is -0.459 e. The highest BCUT2D eigenvalue weighted by Crippen LogP contribution is 2.33. The van der Waals surface area contributed by atoms with Crippen molar-refractivity contribution in [2.75, 3.05) is 72.8 Å². The number of piperazine rings is 2. The van der Waals surface area contributed by atoms with Crippen LogP contribution >= 0.6 is 61.2 Å². The van der Waals surface area contributed by atoms with E-state index in [1.165, 1.54) is 0 Å². The van der Waals surface area contributed by atoms with Gasteiger partial charge in [-0.25, -0.2) is 24.4 Å². The van der Waals surface area contributed by atoms with Crippen LogP contribution in [0.3, 0.4) is 0 Å². The molecule has 19 nitrogen and oxygen atoms in total. The molecule has 444 valence electrons. The molecule has 0 atom stereocenters. The monoisotopic (exact) mass is 1470 g/mol. The molecule has 2 aliphatic heterocycles. The summed E-state index contributed by atoms with van der Waals surface area (Å²) in [6.07, 6.45) is 13.7. The number of rotatable bonds is 10. The Bertz CT molecular complexity index is 3250. The molecule has 2 aliphatic carbocycles. The Morgan fingerprint density at radius 1 is 0.542 bits per heavy atom. The Kier molecular flexibility index (Phi) is 22.0. The molecular formula is C61H77I3N12O7. The summed E-state index contributed by atoms with van der Waals surface area (Å²) in [6, 6.07) is 30.3. The van der Waals surface area contributed by atoms with Crippen LogP contribution in [0.2, 0.25) is 0 Å². The van der Waals surface area contributed by atoms with Crippen molar-refractivity contribution in [3.63, 3.8) is 0 Å². The quantitative estimate of drug-likeness (QED) is 0.0664. The second-order valence-corrected chi connectivity index (χ2v) is 23.2. The van der Waals surface area contributed by atoms with E-state index in [2.05, 4.69) is 125 Å². The number of benzene rings is 3. The predicted octanol–water partition coefficient (Wildman–Crippen LogP) is 12.6. The first-order valence-electron chi connectivity index (χ1n) is 28.4. The van der Waals surface area contributed by atoms with E-state index in [0.29, 0.717) is 43.6 Å². The lowest BCUT2D eigenvalue weighted by molar-refractivity contribution is 0.0199. The highest BCUT2D eigenvalue weighted by molar-refractivity contribution is 15.0. The number of aliphatic hydroxyl groups is 1. The molecule has 7 aromatic rings. The molecule has 0 bridgehead atoms. The molecule has 2 saturated heterocycles. The van der Waals surface area contributed by atoms with Crippen molar-refractivity contribution in [1.82, 2.24) is 38.9 Å². The van der Waals surface area contributed by atoms with Crippen molar-refractivity contribution in [2.45, 2.75) is 128 Å². The Morgan fingerprint density at radius 3 is 1.39 bits per heavy atom. The predicted molar refractivity (Wildman–Crippen MR) is 355 cm³/mol. The minimum atomic E-state index is -0.502. The van der Waals surface area contributed by atoms with Crippen molar-refractivity contribution in [3.05, 3.63) is 121 Å². The molecule has 6 heterocycles. The molecule has 3 aromatic carbocycles. The maximum absolute atomic E-state index is 12.5. The molecule has 22 heteroatoms. The summed E-state index contributed by atoms with van der Waals surface area (Å²) in [6.45, 7) is 16.8. The van der Waals surface area contributed by atoms with E-state index in [0.717, 1.165) is 122 Å². The molecule has 0 radical (unpaired) electrons. The summed E-state index contributed by atoms with van der Waals surface area (Å²) in [7, 11) is 0. The first kappa shape index (κ1) is 63.3. The fraction of sp³-hybridized carbons (Fsp3) is 0.459. The molecule has 0 spiro atoms. The summed E-state index contributed by atoms with van der Waals surface area (Å²) in [4.78, 5) is 64.2. The number of halogens is 3. The fourth-order valence-corrected chi connectivity index (χ4v) is 11.0. The van der Waals surface area contributed by atoms with Crippen LogP contribution in [0, 0.1) is 0 Å². The van der Waals surface area contributed by atoms with Gasteiger partial charge in [-0.15, -0.1) is 24.0 Å². The van der Waals surface area contributed by atoms with Gasteiger partial charge in [0.15, 0.2) is 0 Å². The lowest BCUT2D eigenvalue weighted by atomic mass is 9.93. The van der Waals surface area contributed by atoms with E-state index < -0.39 is 11.2 Å². The van der Waals surface area contributed by atoms with Crippen molar-refractivity contribution in [1.29, 1.82) is 0 Å². The average molecular weight is 1470 g/mol. The molecule has 4 aromatic heterocycles. The fourth-order valence-electron chi connectivity index (χ4n) is 11.0. The SMILES string of the molecule is CC(C)(C)OC(=O)N1CCN(c2cccc3c2ccn3-c2ccnc(NC3CCC(O)CC3)n2)CC1.CC(C)(C)OC(=O)N1CCN(c2cccc3c2ccn3-c2ccnc(NC3CCC(OC(=O)c4ccccc4)CC3)n2)CC1.I.II. The average Bonchev–Trinajstić information content (AvgIpc) is 4.26. The highest BCUT2D eigenvalue weighted by Gasteiger charge is 2.30. The molecular weight excluding hydrogens is 1390 g/mol. The normalized spacial score (nSPS) is 19.3. The number of ether oxygens (including phenoxy) is 3. The Morgan fingerprint density at radius 2 is 0.964 bits per heavy atom. The van der Waals surface area contributed by atoms with Gasteiger partial charge in [0.2, 0.25) is 11.9 Å². The van der Waals surface area contributed by atoms with Gasteiger partial charge in [-0.3, -0.25) is 0 Å². The first-order valence-corrected chi connectivity index (χ1v) is 34.7. The number of anilines is 4. The largest absolute Gasteiger partial charge is 0.459 e. The second kappa shape index (κ2) is 28.9. The van der Waals surface area contributed by atoms with E-state index in [4.69, 9.17) is 24.2 Å². The van der Waals surface area contributed by atoms with Crippen LogP contribution in [-0.2, 0) is 14.2 Å². The number of nitrogens with one attached hydrogen (secondary N) is 2. The molecule has 83 heavy (non-hydrogen) atoms. The van der Waals surface area contributed by atoms with Gasteiger partial charge in [0.1, 0.15) is 28.9 Å². The van der Waals surface area contributed by atoms with Crippen molar-refractivity contribution in [3.8, 4) is 11.6 Å². The van der Waals surface area contributed by atoms with Gasteiger partial charge >= 0.3 is 18.2 Å².